The van der Waals surface area contributed by atoms with Gasteiger partial charge in [0.05, 0.1) is 49.7 Å². The van der Waals surface area contributed by atoms with Gasteiger partial charge in [0.15, 0.2) is 6.29 Å². The predicted octanol–water partition coefficient (Wildman–Crippen LogP) is 4.01. The number of aromatic nitrogens is 2. The van der Waals surface area contributed by atoms with Gasteiger partial charge in [-0.2, -0.15) is 0 Å². The molecule has 72 heavy (non-hydrogen) atoms. The van der Waals surface area contributed by atoms with E-state index in [2.05, 4.69) is 60.9 Å². The summed E-state index contributed by atoms with van der Waals surface area (Å²) >= 11 is 0. The van der Waals surface area contributed by atoms with Crippen molar-refractivity contribution in [1.82, 2.24) is 15.3 Å². The normalized spacial score (nSPS) is 48.0. The van der Waals surface area contributed by atoms with Crippen LogP contribution in [0.1, 0.15) is 143 Å². The highest BCUT2D eigenvalue weighted by Crippen LogP contribution is 2.80. The summed E-state index contributed by atoms with van der Waals surface area (Å²) in [6, 6.07) is -0.569. The van der Waals surface area contributed by atoms with Gasteiger partial charge in [-0.3, -0.25) is 9.59 Å². The number of fused-ring (bicyclic) bond motifs is 2. The fraction of sp³-hybridized carbons (Fsp3) is 0.839. The third kappa shape index (κ3) is 8.01. The van der Waals surface area contributed by atoms with Gasteiger partial charge in [-0.05, 0) is 117 Å². The summed E-state index contributed by atoms with van der Waals surface area (Å²) in [4.78, 5) is 36.2. The lowest BCUT2D eigenvalue weighted by Gasteiger charge is -2.75. The molecule has 2 aliphatic heterocycles. The van der Waals surface area contributed by atoms with Crippen LogP contribution in [-0.2, 0) is 19.1 Å². The number of aliphatic hydroxyl groups is 7. The molecule has 4 bridgehead atoms. The highest BCUT2D eigenvalue weighted by molar-refractivity contribution is 5.82. The van der Waals surface area contributed by atoms with Crippen molar-refractivity contribution in [2.75, 3.05) is 33.0 Å². The maximum Gasteiger partial charge on any atom is 0.310 e. The van der Waals surface area contributed by atoms with Crippen molar-refractivity contribution in [2.45, 2.75) is 180 Å². The van der Waals surface area contributed by atoms with Crippen molar-refractivity contribution in [3.05, 3.63) is 29.9 Å². The van der Waals surface area contributed by atoms with Gasteiger partial charge in [-0.15, -0.1) is 5.92 Å². The van der Waals surface area contributed by atoms with Crippen LogP contribution in [0.5, 0.6) is 0 Å². The summed E-state index contributed by atoms with van der Waals surface area (Å²) in [6.45, 7) is 10.1. The minimum absolute atomic E-state index is 0.00241. The van der Waals surface area contributed by atoms with Crippen LogP contribution in [0.4, 0.5) is 0 Å². The number of nitrogens with one attached hydrogen (secondary N) is 2. The van der Waals surface area contributed by atoms with Gasteiger partial charge >= 0.3 is 5.97 Å². The van der Waals surface area contributed by atoms with E-state index < -0.39 is 118 Å². The minimum Gasteiger partial charge on any atom is -0.481 e. The van der Waals surface area contributed by atoms with E-state index in [-0.39, 0.29) is 48.7 Å². The number of aliphatic carboxylic acids is 1. The van der Waals surface area contributed by atoms with Crippen molar-refractivity contribution in [2.24, 2.45) is 85.6 Å². The Bertz CT molecular complexity index is 2220. The Morgan fingerprint density at radius 2 is 1.76 bits per heavy atom. The van der Waals surface area contributed by atoms with E-state index in [4.69, 9.17) is 15.2 Å². The molecule has 8 aliphatic rings. The number of nitrogens with two attached hydrogens (primary N) is 1. The largest absolute Gasteiger partial charge is 0.481 e. The molecule has 2 saturated heterocycles. The number of imidazole rings is 1. The Morgan fingerprint density at radius 1 is 0.986 bits per heavy atom. The summed E-state index contributed by atoms with van der Waals surface area (Å²) in [7, 11) is 0. The maximum absolute atomic E-state index is 14.4. The van der Waals surface area contributed by atoms with Crippen molar-refractivity contribution < 1.29 is 59.9 Å². The van der Waals surface area contributed by atoms with E-state index in [0.717, 1.165) is 37.8 Å². The predicted molar refractivity (Wildman–Crippen MR) is 266 cm³/mol. The summed E-state index contributed by atoms with van der Waals surface area (Å²) in [5, 5.41) is 95.7. The van der Waals surface area contributed by atoms with Crippen molar-refractivity contribution >= 4 is 11.9 Å². The summed E-state index contributed by atoms with van der Waals surface area (Å²) < 4.78 is 12.7. The first-order valence-corrected chi connectivity index (χ1v) is 27.5. The molecule has 16 heteroatoms. The van der Waals surface area contributed by atoms with Crippen molar-refractivity contribution in [1.29, 1.82) is 0 Å². The zero-order valence-electron chi connectivity index (χ0n) is 43.3. The first-order valence-electron chi connectivity index (χ1n) is 27.5. The third-order valence-corrected chi connectivity index (χ3v) is 21.9. The molecule has 6 fully saturated rings. The maximum atomic E-state index is 14.4. The van der Waals surface area contributed by atoms with E-state index in [1.807, 2.05) is 6.92 Å². The second kappa shape index (κ2) is 20.2. The number of allylic oxidation sites excluding steroid dienone is 2. The number of carboxylic acid groups (broad SMARTS) is 1. The number of unbranched alkanes of at least 4 members (excludes halogenated alkanes) is 2. The van der Waals surface area contributed by atoms with E-state index in [1.54, 1.807) is 12.5 Å². The number of carbonyl (C=O) groups excluding carboxylic acids is 1. The number of H-pyrrole nitrogens is 1. The molecule has 1 spiro atoms. The SMILES string of the molecule is CCCCC[C@H]1C[C@@]2(C(=O)O)CC[C@](C)(CO)C[C@H]2C2=CC[C@@H]3[C@@]4(C)[C@@H]5[C@@H](O)[C@@H](O[C@@H]6OC[C@@H](O)[C@H](O)[C@H]6O)[C@@](C)(CO)[C@H]4CC[C@@]3(C)[C@@]21CCC#C[C@@H]5[C@H]1[C@@H]([C@H](CCCN)c2cnc[nH]2)NC(=O)[C@H]1CO. The molecule has 1 aromatic rings. The molecule has 4 saturated carbocycles. The molecule has 3 heterocycles. The number of aliphatic hydroxyl groups excluding tert-OH is 7. The second-order valence-corrected chi connectivity index (χ2v) is 25.2. The quantitative estimate of drug-likeness (QED) is 0.0484. The molecule has 402 valence electrons. The van der Waals surface area contributed by atoms with Gasteiger partial charge in [0.1, 0.15) is 18.3 Å². The lowest BCUT2D eigenvalue weighted by atomic mass is 9.29. The van der Waals surface area contributed by atoms with Crippen LogP contribution in [0.2, 0.25) is 0 Å². The molecule has 0 unspecified atom stereocenters. The molecule has 0 radical (unpaired) electrons. The zero-order valence-corrected chi connectivity index (χ0v) is 43.3. The molecule has 16 nitrogen and oxygen atoms in total. The molecule has 6 aliphatic carbocycles. The van der Waals surface area contributed by atoms with Crippen LogP contribution < -0.4 is 11.1 Å². The Hall–Kier alpha value is -2.95. The lowest BCUT2D eigenvalue weighted by Crippen LogP contribution is -2.74. The Kier molecular flexibility index (Phi) is 15.1. The van der Waals surface area contributed by atoms with Crippen LogP contribution >= 0.6 is 0 Å². The number of nitrogens with zero attached hydrogens (tertiary/aromatic N) is 1. The average Bonchev–Trinajstić information content (AvgIpc) is 4.01. The van der Waals surface area contributed by atoms with Gasteiger partial charge in [0.2, 0.25) is 5.91 Å². The first kappa shape index (κ1) is 53.9. The van der Waals surface area contributed by atoms with E-state index in [1.165, 1.54) is 5.57 Å². The van der Waals surface area contributed by atoms with Crippen LogP contribution in [0.25, 0.3) is 0 Å². The smallest absolute Gasteiger partial charge is 0.310 e. The fourth-order valence-electron chi connectivity index (χ4n) is 18.5. The van der Waals surface area contributed by atoms with Gasteiger partial charge in [-0.25, -0.2) is 4.98 Å². The number of rotatable bonds is 16. The number of hydrogen-bond acceptors (Lipinski definition) is 13. The van der Waals surface area contributed by atoms with E-state index in [0.29, 0.717) is 70.8 Å². The summed E-state index contributed by atoms with van der Waals surface area (Å²) in [6.07, 6.45) is 7.41. The van der Waals surface area contributed by atoms with Crippen molar-refractivity contribution in [3.8, 4) is 11.8 Å². The molecule has 22 atom stereocenters. The molecular formula is C56H86N4O12. The molecule has 1 aromatic heterocycles. The molecular weight excluding hydrogens is 921 g/mol. The van der Waals surface area contributed by atoms with Crippen LogP contribution in [0.3, 0.4) is 0 Å². The average molecular weight is 1010 g/mol. The highest BCUT2D eigenvalue weighted by atomic mass is 16.7. The molecule has 1 amide bonds. The molecule has 12 N–H and O–H groups in total. The van der Waals surface area contributed by atoms with Crippen LogP contribution in [-0.4, -0.2) is 139 Å². The minimum atomic E-state index is -1.67. The Balaban J connectivity index is 1.28. The van der Waals surface area contributed by atoms with Gasteiger partial charge < -0.3 is 66.4 Å². The lowest BCUT2D eigenvalue weighted by molar-refractivity contribution is -0.344. The zero-order chi connectivity index (χ0) is 51.8. The van der Waals surface area contributed by atoms with Gasteiger partial charge in [0, 0.05) is 65.5 Å². The number of carbonyl (C=O) groups is 2. The number of hydrogen-bond donors (Lipinski definition) is 11. The van der Waals surface area contributed by atoms with Crippen molar-refractivity contribution in [3.63, 3.8) is 0 Å². The topological polar surface area (TPSA) is 281 Å². The number of carboxylic acids is 1. The van der Waals surface area contributed by atoms with E-state index in [9.17, 15) is 50.4 Å². The van der Waals surface area contributed by atoms with Crippen LogP contribution in [0, 0.1) is 91.7 Å². The molecule has 0 aromatic carbocycles. The fourth-order valence-corrected chi connectivity index (χ4v) is 18.5. The number of ether oxygens (including phenoxy) is 2. The van der Waals surface area contributed by atoms with E-state index >= 15 is 0 Å². The van der Waals surface area contributed by atoms with Crippen LogP contribution in [0.15, 0.2) is 24.2 Å². The molecule has 9 rings (SSSR count). The number of aromatic amines is 1. The standard InChI is InChI=1S/C56H86N4O12/c1-6-7-8-12-31-23-55(50(69)70)21-20-51(2,28-62)24-36(55)35-15-16-40-53(4)19-17-39-52(3,29-63)47(72-49-46(67)44(65)38(64)27-71-49)45(66)42(54(39,40)5)33(13-9-10-18-56(31,35)53)41-34(26-61)48(68)60-43(41)32(14-11-22-57)37-25-58-30-59-37/h15,25,30-34,36,38-47,49,61-67H,6-8,10-12,14,16-24,26-29,57H2,1-5H3,(H,58,59)(H,60,68)(H,69,70)/t31-,32+,33+,34-,36-,38+,39+,40-,41+,42-,43+,44-,45+,46+,47+,49-,51-,52-,53+,54-,55-,56+/m0/s1. The first-order chi connectivity index (χ1) is 34.3. The highest BCUT2D eigenvalue weighted by Gasteiger charge is 2.77. The Labute approximate surface area is 425 Å². The summed E-state index contributed by atoms with van der Waals surface area (Å²) in [5.41, 5.74) is 3.72. The number of amides is 1. The monoisotopic (exact) mass is 1010 g/mol. The Morgan fingerprint density at radius 3 is 2.43 bits per heavy atom. The summed E-state index contributed by atoms with van der Waals surface area (Å²) in [5.74, 6) is 2.24. The van der Waals surface area contributed by atoms with Gasteiger partial charge in [-0.1, -0.05) is 71.5 Å². The third-order valence-electron chi connectivity index (χ3n) is 21.9. The second-order valence-electron chi connectivity index (χ2n) is 25.2. The van der Waals surface area contributed by atoms with Gasteiger partial charge in [0.25, 0.3) is 0 Å².